The van der Waals surface area contributed by atoms with Gasteiger partial charge in [0.15, 0.2) is 0 Å². The molecule has 0 aromatic heterocycles. The van der Waals surface area contributed by atoms with E-state index in [1.165, 1.54) is 6.08 Å². The Morgan fingerprint density at radius 3 is 2.20 bits per heavy atom. The van der Waals surface area contributed by atoms with E-state index < -0.39 is 6.10 Å². The Labute approximate surface area is 63.1 Å². The third-order valence-corrected chi connectivity index (χ3v) is 1.03. The molecule has 0 saturated heterocycles. The Balaban J connectivity index is 3.87. The number of hydrogen-bond donors (Lipinski definition) is 1. The number of aliphatic hydroxyl groups excluding tert-OH is 1. The molecule has 1 atom stereocenters. The molecule has 1 heteroatoms. The molecular weight excluding hydrogens is 124 g/mol. The van der Waals surface area contributed by atoms with Gasteiger partial charge in [-0.25, -0.2) is 0 Å². The van der Waals surface area contributed by atoms with Crippen LogP contribution in [0, 0.1) is 5.41 Å². The van der Waals surface area contributed by atoms with Gasteiger partial charge >= 0.3 is 0 Å². The largest absolute Gasteiger partial charge is 0.385 e. The van der Waals surface area contributed by atoms with Crippen LogP contribution in [0.5, 0.6) is 0 Å². The fourth-order valence-corrected chi connectivity index (χ4v) is 0.466. The Hall–Kier alpha value is -0.560. The van der Waals surface area contributed by atoms with Crippen LogP contribution >= 0.6 is 0 Å². The summed E-state index contributed by atoms with van der Waals surface area (Å²) in [6, 6.07) is 0. The lowest BCUT2D eigenvalue weighted by atomic mass is 9.96. The predicted molar refractivity (Wildman–Crippen MR) is 44.8 cm³/mol. The normalized spacial score (nSPS) is 15.6. The molecule has 0 aliphatic heterocycles. The van der Waals surface area contributed by atoms with Gasteiger partial charge < -0.3 is 5.11 Å². The number of rotatable bonds is 2. The van der Waals surface area contributed by atoms with Crippen molar-refractivity contribution in [1.82, 2.24) is 0 Å². The van der Waals surface area contributed by atoms with E-state index >= 15 is 0 Å². The molecule has 0 aromatic rings. The fraction of sp³-hybridized carbons (Fsp3) is 0.556. The van der Waals surface area contributed by atoms with Gasteiger partial charge in [0.1, 0.15) is 0 Å². The van der Waals surface area contributed by atoms with Crippen LogP contribution in [0.2, 0.25) is 0 Å². The van der Waals surface area contributed by atoms with Gasteiger partial charge in [0.25, 0.3) is 0 Å². The molecule has 0 amide bonds. The first-order valence-electron chi connectivity index (χ1n) is 3.46. The summed E-state index contributed by atoms with van der Waals surface area (Å²) in [5.74, 6) is 0. The summed E-state index contributed by atoms with van der Waals surface area (Å²) in [4.78, 5) is 0. The average Bonchev–Trinajstić information content (AvgIpc) is 1.81. The summed E-state index contributed by atoms with van der Waals surface area (Å²) in [6.07, 6.45) is 4.72. The summed E-state index contributed by atoms with van der Waals surface area (Å²) in [5.41, 5.74) is 0.143. The first-order chi connectivity index (χ1) is 4.45. The Morgan fingerprint density at radius 2 is 1.90 bits per heavy atom. The maximum absolute atomic E-state index is 9.02. The average molecular weight is 140 g/mol. The van der Waals surface area contributed by atoms with E-state index in [0.717, 1.165) is 0 Å². The molecule has 0 fully saturated rings. The fourth-order valence-electron chi connectivity index (χ4n) is 0.466. The summed E-state index contributed by atoms with van der Waals surface area (Å²) in [6.45, 7) is 9.71. The highest BCUT2D eigenvalue weighted by Crippen LogP contribution is 2.14. The summed E-state index contributed by atoms with van der Waals surface area (Å²) in [7, 11) is 0. The van der Waals surface area contributed by atoms with E-state index in [-0.39, 0.29) is 5.41 Å². The molecule has 0 rings (SSSR count). The van der Waals surface area contributed by atoms with Crippen molar-refractivity contribution < 1.29 is 5.11 Å². The quantitative estimate of drug-likeness (QED) is 0.582. The third-order valence-electron chi connectivity index (χ3n) is 1.03. The van der Waals surface area contributed by atoms with E-state index in [9.17, 15) is 0 Å². The van der Waals surface area contributed by atoms with E-state index in [4.69, 9.17) is 5.11 Å². The van der Waals surface area contributed by atoms with E-state index in [2.05, 4.69) is 27.4 Å². The molecule has 10 heavy (non-hydrogen) atoms. The molecule has 1 nitrogen and oxygen atoms in total. The molecule has 0 aliphatic rings. The van der Waals surface area contributed by atoms with Gasteiger partial charge in [0, 0.05) is 0 Å². The lowest BCUT2D eigenvalue weighted by Gasteiger charge is -2.11. The minimum Gasteiger partial charge on any atom is -0.385 e. The van der Waals surface area contributed by atoms with Crippen molar-refractivity contribution in [2.45, 2.75) is 26.9 Å². The van der Waals surface area contributed by atoms with Gasteiger partial charge in [-0.15, -0.1) is 6.58 Å². The van der Waals surface area contributed by atoms with Crippen molar-refractivity contribution in [2.75, 3.05) is 0 Å². The lowest BCUT2D eigenvalue weighted by Crippen LogP contribution is -2.02. The van der Waals surface area contributed by atoms with Crippen molar-refractivity contribution in [3.05, 3.63) is 24.8 Å². The second kappa shape index (κ2) is 3.57. The summed E-state index contributed by atoms with van der Waals surface area (Å²) >= 11 is 0. The Morgan fingerprint density at radius 1 is 1.40 bits per heavy atom. The minimum absolute atomic E-state index is 0.143. The Kier molecular flexibility index (Phi) is 3.37. The van der Waals surface area contributed by atoms with Gasteiger partial charge in [-0.3, -0.25) is 0 Å². The first kappa shape index (κ1) is 9.44. The van der Waals surface area contributed by atoms with E-state index in [1.54, 1.807) is 6.08 Å². The van der Waals surface area contributed by atoms with Crippen molar-refractivity contribution in [2.24, 2.45) is 5.41 Å². The van der Waals surface area contributed by atoms with Crippen LogP contribution < -0.4 is 0 Å². The molecule has 0 bridgehead atoms. The maximum atomic E-state index is 9.02. The second-order valence-corrected chi connectivity index (χ2v) is 3.45. The monoisotopic (exact) mass is 140 g/mol. The third kappa shape index (κ3) is 5.57. The number of allylic oxidation sites excluding steroid dienone is 1. The van der Waals surface area contributed by atoms with Crippen molar-refractivity contribution in [3.8, 4) is 0 Å². The van der Waals surface area contributed by atoms with E-state index in [1.807, 2.05) is 6.08 Å². The van der Waals surface area contributed by atoms with Crippen molar-refractivity contribution in [1.29, 1.82) is 0 Å². The highest BCUT2D eigenvalue weighted by Gasteiger charge is 2.03. The van der Waals surface area contributed by atoms with Crippen LogP contribution in [0.3, 0.4) is 0 Å². The van der Waals surface area contributed by atoms with Gasteiger partial charge in [0.2, 0.25) is 0 Å². The molecule has 0 spiro atoms. The minimum atomic E-state index is -0.501. The lowest BCUT2D eigenvalue weighted by molar-refractivity contribution is 0.270. The van der Waals surface area contributed by atoms with E-state index in [0.29, 0.717) is 0 Å². The zero-order chi connectivity index (χ0) is 8.20. The highest BCUT2D eigenvalue weighted by atomic mass is 16.3. The van der Waals surface area contributed by atoms with Crippen LogP contribution in [0.1, 0.15) is 20.8 Å². The topological polar surface area (TPSA) is 20.2 Å². The van der Waals surface area contributed by atoms with Crippen molar-refractivity contribution >= 4 is 0 Å². The maximum Gasteiger partial charge on any atom is 0.0900 e. The Bertz CT molecular complexity index is 128. The van der Waals surface area contributed by atoms with Crippen LogP contribution in [0.15, 0.2) is 24.8 Å². The SMILES string of the molecule is C=C[C@H](O)/C=C/C(C)(C)C. The van der Waals surface area contributed by atoms with Gasteiger partial charge in [-0.05, 0) is 5.41 Å². The molecular formula is C9H16O. The zero-order valence-electron chi connectivity index (χ0n) is 6.96. The van der Waals surface area contributed by atoms with Gasteiger partial charge in [0.05, 0.1) is 6.10 Å². The molecule has 0 radical (unpaired) electrons. The molecule has 0 saturated carbocycles. The van der Waals surface area contributed by atoms with Crippen LogP contribution in [0.25, 0.3) is 0 Å². The molecule has 58 valence electrons. The molecule has 0 unspecified atom stereocenters. The van der Waals surface area contributed by atoms with Gasteiger partial charge in [-0.1, -0.05) is 39.0 Å². The van der Waals surface area contributed by atoms with Gasteiger partial charge in [-0.2, -0.15) is 0 Å². The second-order valence-electron chi connectivity index (χ2n) is 3.45. The zero-order valence-corrected chi connectivity index (χ0v) is 6.96. The highest BCUT2D eigenvalue weighted by molar-refractivity contribution is 5.01. The van der Waals surface area contributed by atoms with Crippen LogP contribution in [-0.2, 0) is 0 Å². The predicted octanol–water partition coefficient (Wildman–Crippen LogP) is 2.14. The van der Waals surface area contributed by atoms with Crippen molar-refractivity contribution in [3.63, 3.8) is 0 Å². The first-order valence-corrected chi connectivity index (χ1v) is 3.46. The van der Waals surface area contributed by atoms with Crippen LogP contribution in [-0.4, -0.2) is 11.2 Å². The summed E-state index contributed by atoms with van der Waals surface area (Å²) < 4.78 is 0. The molecule has 0 heterocycles. The molecule has 1 N–H and O–H groups in total. The number of hydrogen-bond acceptors (Lipinski definition) is 1. The smallest absolute Gasteiger partial charge is 0.0900 e. The standard InChI is InChI=1S/C9H16O/c1-5-8(10)6-7-9(2,3)4/h5-8,10H,1H2,2-4H3/b7-6+/t8-/m0/s1. The summed E-state index contributed by atoms with van der Waals surface area (Å²) in [5, 5.41) is 9.02. The molecule has 0 aromatic carbocycles. The number of aliphatic hydroxyl groups is 1. The molecule has 0 aliphatic carbocycles. The van der Waals surface area contributed by atoms with Crippen LogP contribution in [0.4, 0.5) is 0 Å².